The minimum Gasteiger partial charge on any atom is -0.477 e. The Bertz CT molecular complexity index is 778. The van der Waals surface area contributed by atoms with Crippen molar-refractivity contribution < 1.29 is 14.3 Å². The highest BCUT2D eigenvalue weighted by molar-refractivity contribution is 6.31. The average Bonchev–Trinajstić information content (AvgIpc) is 2.61. The fourth-order valence-electron chi connectivity index (χ4n) is 2.67. The van der Waals surface area contributed by atoms with Crippen LogP contribution in [0.15, 0.2) is 48.5 Å². The van der Waals surface area contributed by atoms with Crippen LogP contribution in [0.3, 0.4) is 0 Å². The van der Waals surface area contributed by atoms with E-state index in [2.05, 4.69) is 5.32 Å². The molecule has 1 N–H and O–H groups in total. The molecule has 0 saturated heterocycles. The Kier molecular flexibility index (Phi) is 4.71. The van der Waals surface area contributed by atoms with Crippen molar-refractivity contribution >= 4 is 29.1 Å². The number of halogens is 1. The van der Waals surface area contributed by atoms with E-state index in [4.69, 9.17) is 16.3 Å². The zero-order chi connectivity index (χ0) is 17.1. The zero-order valence-corrected chi connectivity index (χ0v) is 13.9. The molecule has 0 bridgehead atoms. The number of benzene rings is 2. The first-order valence-corrected chi connectivity index (χ1v) is 7.99. The quantitative estimate of drug-likeness (QED) is 0.930. The Labute approximate surface area is 145 Å². The van der Waals surface area contributed by atoms with Gasteiger partial charge in [0.25, 0.3) is 5.91 Å². The molecule has 1 atom stereocenters. The maximum atomic E-state index is 12.8. The maximum absolute atomic E-state index is 12.8. The van der Waals surface area contributed by atoms with E-state index in [1.165, 1.54) is 0 Å². The molecule has 1 heterocycles. The van der Waals surface area contributed by atoms with Crippen molar-refractivity contribution in [1.29, 1.82) is 0 Å². The van der Waals surface area contributed by atoms with Gasteiger partial charge in [-0.15, -0.1) is 0 Å². The van der Waals surface area contributed by atoms with Crippen LogP contribution in [-0.2, 0) is 16.0 Å². The Morgan fingerprint density at radius 3 is 2.67 bits per heavy atom. The minimum absolute atomic E-state index is 0.132. The lowest BCUT2D eigenvalue weighted by atomic mass is 10.1. The summed E-state index contributed by atoms with van der Waals surface area (Å²) in [5.41, 5.74) is 1.42. The Balaban J connectivity index is 1.89. The number of anilines is 1. The third kappa shape index (κ3) is 3.21. The summed E-state index contributed by atoms with van der Waals surface area (Å²) in [6.07, 6.45) is -0.575. The molecule has 24 heavy (non-hydrogen) atoms. The second-order valence-corrected chi connectivity index (χ2v) is 5.87. The summed E-state index contributed by atoms with van der Waals surface area (Å²) in [5.74, 6) is 0.123. The number of fused-ring (bicyclic) bond motifs is 1. The Morgan fingerprint density at radius 1 is 1.21 bits per heavy atom. The third-order valence-corrected chi connectivity index (χ3v) is 4.28. The molecule has 6 heteroatoms. The molecular weight excluding hydrogens is 328 g/mol. The van der Waals surface area contributed by atoms with Gasteiger partial charge in [0.15, 0.2) is 6.10 Å². The van der Waals surface area contributed by atoms with Crippen molar-refractivity contribution in [2.75, 3.05) is 18.5 Å². The summed E-state index contributed by atoms with van der Waals surface area (Å²) >= 11 is 6.15. The van der Waals surface area contributed by atoms with E-state index in [9.17, 15) is 9.59 Å². The van der Waals surface area contributed by atoms with E-state index in [0.717, 1.165) is 5.56 Å². The van der Waals surface area contributed by atoms with Gasteiger partial charge in [-0.25, -0.2) is 0 Å². The van der Waals surface area contributed by atoms with Crippen molar-refractivity contribution in [3.8, 4) is 5.75 Å². The minimum atomic E-state index is -0.736. The summed E-state index contributed by atoms with van der Waals surface area (Å²) in [6.45, 7) is 0.167. The van der Waals surface area contributed by atoms with Crippen LogP contribution in [0, 0.1) is 0 Å². The SMILES string of the molecule is CNC(=O)[C@@H]1CN(C(=O)Cc2ccccc2Cl)c2ccccc2O1. The maximum Gasteiger partial charge on any atom is 0.262 e. The van der Waals surface area contributed by atoms with Crippen LogP contribution in [0.25, 0.3) is 0 Å². The van der Waals surface area contributed by atoms with Gasteiger partial charge >= 0.3 is 0 Å². The number of para-hydroxylation sites is 2. The number of nitrogens with zero attached hydrogens (tertiary/aromatic N) is 1. The van der Waals surface area contributed by atoms with Gasteiger partial charge in [-0.2, -0.15) is 0 Å². The molecule has 0 saturated carbocycles. The molecule has 1 aliphatic heterocycles. The lowest BCUT2D eigenvalue weighted by Gasteiger charge is -2.34. The molecule has 0 aromatic heterocycles. The number of carbonyl (C=O) groups is 2. The third-order valence-electron chi connectivity index (χ3n) is 3.91. The van der Waals surface area contributed by atoms with Gasteiger partial charge in [-0.3, -0.25) is 9.59 Å². The second-order valence-electron chi connectivity index (χ2n) is 5.46. The van der Waals surface area contributed by atoms with E-state index in [0.29, 0.717) is 16.5 Å². The first-order chi connectivity index (χ1) is 11.6. The van der Waals surface area contributed by atoms with Crippen molar-refractivity contribution in [2.24, 2.45) is 0 Å². The predicted octanol–water partition coefficient (Wildman–Crippen LogP) is 2.42. The lowest BCUT2D eigenvalue weighted by Crippen LogP contribution is -2.50. The number of carbonyl (C=O) groups excluding carboxylic acids is 2. The van der Waals surface area contributed by atoms with Crippen molar-refractivity contribution in [3.05, 3.63) is 59.1 Å². The van der Waals surface area contributed by atoms with E-state index in [-0.39, 0.29) is 24.8 Å². The van der Waals surface area contributed by atoms with Crippen molar-refractivity contribution in [1.82, 2.24) is 5.32 Å². The largest absolute Gasteiger partial charge is 0.477 e. The van der Waals surface area contributed by atoms with E-state index < -0.39 is 6.10 Å². The molecule has 124 valence electrons. The van der Waals surface area contributed by atoms with Gasteiger partial charge in [-0.1, -0.05) is 41.9 Å². The normalized spacial score (nSPS) is 16.1. The molecule has 0 radical (unpaired) electrons. The van der Waals surface area contributed by atoms with Crippen LogP contribution < -0.4 is 15.0 Å². The highest BCUT2D eigenvalue weighted by atomic mass is 35.5. The smallest absolute Gasteiger partial charge is 0.262 e. The van der Waals surface area contributed by atoms with Gasteiger partial charge in [0.05, 0.1) is 18.7 Å². The van der Waals surface area contributed by atoms with E-state index >= 15 is 0 Å². The molecule has 3 rings (SSSR count). The molecule has 0 unspecified atom stereocenters. The van der Waals surface area contributed by atoms with Gasteiger partial charge in [-0.05, 0) is 23.8 Å². The van der Waals surface area contributed by atoms with Crippen LogP contribution in [0.4, 0.5) is 5.69 Å². The van der Waals surface area contributed by atoms with Crippen LogP contribution >= 0.6 is 11.6 Å². The predicted molar refractivity (Wildman–Crippen MR) is 92.4 cm³/mol. The molecule has 1 aliphatic rings. The van der Waals surface area contributed by atoms with Crippen molar-refractivity contribution in [2.45, 2.75) is 12.5 Å². The molecule has 2 aromatic rings. The number of likely N-dealkylation sites (N-methyl/N-ethyl adjacent to an activating group) is 1. The summed E-state index contributed by atoms with van der Waals surface area (Å²) in [4.78, 5) is 26.4. The first kappa shape index (κ1) is 16.3. The number of ether oxygens (including phenoxy) is 1. The van der Waals surface area contributed by atoms with Crippen LogP contribution in [0.5, 0.6) is 5.75 Å². The highest BCUT2D eigenvalue weighted by Gasteiger charge is 2.33. The Morgan fingerprint density at radius 2 is 1.92 bits per heavy atom. The molecule has 0 aliphatic carbocycles. The molecule has 0 fully saturated rings. The van der Waals surface area contributed by atoms with Crippen molar-refractivity contribution in [3.63, 3.8) is 0 Å². The fraction of sp³-hybridized carbons (Fsp3) is 0.222. The number of hydrogen-bond donors (Lipinski definition) is 1. The number of nitrogens with one attached hydrogen (secondary N) is 1. The lowest BCUT2D eigenvalue weighted by molar-refractivity contribution is -0.127. The second kappa shape index (κ2) is 6.93. The van der Waals surface area contributed by atoms with E-state index in [1.807, 2.05) is 30.3 Å². The van der Waals surface area contributed by atoms with E-state index in [1.54, 1.807) is 30.1 Å². The van der Waals surface area contributed by atoms with Gasteiger partial charge in [0.1, 0.15) is 5.75 Å². The Hall–Kier alpha value is -2.53. The number of rotatable bonds is 3. The highest BCUT2D eigenvalue weighted by Crippen LogP contribution is 2.33. The molecular formula is C18H17ClN2O3. The van der Waals surface area contributed by atoms with Gasteiger partial charge in [0, 0.05) is 12.1 Å². The van der Waals surface area contributed by atoms with Gasteiger partial charge < -0.3 is 15.0 Å². The summed E-state index contributed by atoms with van der Waals surface area (Å²) < 4.78 is 5.71. The number of hydrogen-bond acceptors (Lipinski definition) is 3. The standard InChI is InChI=1S/C18H17ClN2O3/c1-20-18(23)16-11-21(14-8-4-5-9-15(14)24-16)17(22)10-12-6-2-3-7-13(12)19/h2-9,16H,10-11H2,1H3,(H,20,23)/t16-/m0/s1. The van der Waals surface area contributed by atoms with Crippen LogP contribution in [0.1, 0.15) is 5.56 Å². The summed E-state index contributed by atoms with van der Waals surface area (Å²) in [6, 6.07) is 14.4. The molecule has 0 spiro atoms. The van der Waals surface area contributed by atoms with Crippen LogP contribution in [0.2, 0.25) is 5.02 Å². The van der Waals surface area contributed by atoms with Gasteiger partial charge in [0.2, 0.25) is 5.91 Å². The fourth-order valence-corrected chi connectivity index (χ4v) is 2.87. The molecule has 2 aromatic carbocycles. The monoisotopic (exact) mass is 344 g/mol. The topological polar surface area (TPSA) is 58.6 Å². The average molecular weight is 345 g/mol. The number of amides is 2. The first-order valence-electron chi connectivity index (χ1n) is 7.61. The zero-order valence-electron chi connectivity index (χ0n) is 13.2. The molecule has 2 amide bonds. The molecule has 5 nitrogen and oxygen atoms in total. The van der Waals surface area contributed by atoms with Crippen LogP contribution in [-0.4, -0.2) is 31.5 Å². The summed E-state index contributed by atoms with van der Waals surface area (Å²) in [7, 11) is 1.54. The summed E-state index contributed by atoms with van der Waals surface area (Å²) in [5, 5.41) is 3.11.